The highest BCUT2D eigenvalue weighted by atomic mass is 32.2. The van der Waals surface area contributed by atoms with Gasteiger partial charge in [-0.25, -0.2) is 0 Å². The number of rotatable bonds is 1. The van der Waals surface area contributed by atoms with Gasteiger partial charge in [0, 0.05) is 11.3 Å². The minimum Gasteiger partial charge on any atom is -0.359 e. The van der Waals surface area contributed by atoms with Crippen LogP contribution in [-0.4, -0.2) is 22.5 Å². The van der Waals surface area contributed by atoms with E-state index in [1.165, 1.54) is 62.3 Å². The van der Waals surface area contributed by atoms with Crippen LogP contribution in [0, 0.1) is 5.41 Å². The van der Waals surface area contributed by atoms with Crippen LogP contribution in [0.1, 0.15) is 65.2 Å². The monoisotopic (exact) mass is 266 g/mol. The highest BCUT2D eigenvalue weighted by Gasteiger charge is 2.40. The second-order valence-electron chi connectivity index (χ2n) is 7.09. The van der Waals surface area contributed by atoms with Crippen LogP contribution in [0.25, 0.3) is 0 Å². The molecule has 3 rings (SSSR count). The summed E-state index contributed by atoms with van der Waals surface area (Å²) >= 11 is 1.97. The molecule has 18 heavy (non-hydrogen) atoms. The molecule has 1 unspecified atom stereocenters. The van der Waals surface area contributed by atoms with E-state index < -0.39 is 0 Å². The number of nitrogens with one attached hydrogen (secondary N) is 1. The molecular formula is C15H26N2S. The summed E-state index contributed by atoms with van der Waals surface area (Å²) in [6.45, 7) is 4.76. The van der Waals surface area contributed by atoms with Crippen LogP contribution in [-0.2, 0) is 0 Å². The van der Waals surface area contributed by atoms with E-state index in [0.717, 1.165) is 0 Å². The number of nitrogens with zero attached hydrogens (tertiary/aromatic N) is 1. The van der Waals surface area contributed by atoms with Crippen molar-refractivity contribution in [3.63, 3.8) is 0 Å². The number of thioether (sulfide) groups is 1. The average Bonchev–Trinajstić information content (AvgIpc) is 2.86. The van der Waals surface area contributed by atoms with Crippen LogP contribution in [0.15, 0.2) is 4.99 Å². The van der Waals surface area contributed by atoms with Gasteiger partial charge in [0.25, 0.3) is 0 Å². The number of hydrogen-bond donors (Lipinski definition) is 1. The van der Waals surface area contributed by atoms with Crippen LogP contribution in [0.3, 0.4) is 0 Å². The van der Waals surface area contributed by atoms with E-state index in [0.29, 0.717) is 17.0 Å². The van der Waals surface area contributed by atoms with Gasteiger partial charge in [0.2, 0.25) is 0 Å². The lowest BCUT2D eigenvalue weighted by Crippen LogP contribution is -2.45. The minimum atomic E-state index is 0.407. The Morgan fingerprint density at radius 1 is 1.11 bits per heavy atom. The average molecular weight is 266 g/mol. The fourth-order valence-corrected chi connectivity index (χ4v) is 5.03. The smallest absolute Gasteiger partial charge is 0.157 e. The van der Waals surface area contributed by atoms with Crippen molar-refractivity contribution in [3.8, 4) is 0 Å². The quantitative estimate of drug-likeness (QED) is 0.777. The lowest BCUT2D eigenvalue weighted by Gasteiger charge is -2.33. The summed E-state index contributed by atoms with van der Waals surface area (Å²) in [5.74, 6) is 1.25. The third-order valence-corrected chi connectivity index (χ3v) is 6.32. The first-order valence-corrected chi connectivity index (χ1v) is 8.57. The first kappa shape index (κ1) is 12.8. The van der Waals surface area contributed by atoms with E-state index in [1.807, 2.05) is 11.8 Å². The lowest BCUT2D eigenvalue weighted by molar-refractivity contribution is 0.301. The lowest BCUT2D eigenvalue weighted by atomic mass is 9.83. The SMILES string of the molecule is CC1(C)CCCC1N=C1NC2(CCCCC2)CS1. The first-order chi connectivity index (χ1) is 8.60. The van der Waals surface area contributed by atoms with Crippen molar-refractivity contribution in [2.75, 3.05) is 5.75 Å². The molecule has 102 valence electrons. The topological polar surface area (TPSA) is 24.4 Å². The van der Waals surface area contributed by atoms with Crippen molar-refractivity contribution < 1.29 is 0 Å². The maximum absolute atomic E-state index is 5.05. The van der Waals surface area contributed by atoms with Gasteiger partial charge in [-0.2, -0.15) is 0 Å². The molecule has 0 radical (unpaired) electrons. The van der Waals surface area contributed by atoms with E-state index in [1.54, 1.807) is 0 Å². The Kier molecular flexibility index (Phi) is 3.38. The van der Waals surface area contributed by atoms with Gasteiger partial charge >= 0.3 is 0 Å². The molecule has 3 fully saturated rings. The fraction of sp³-hybridized carbons (Fsp3) is 0.933. The van der Waals surface area contributed by atoms with Gasteiger partial charge in [-0.05, 0) is 31.1 Å². The summed E-state index contributed by atoms with van der Waals surface area (Å²) in [7, 11) is 0. The molecular weight excluding hydrogens is 240 g/mol. The zero-order valence-corrected chi connectivity index (χ0v) is 12.6. The Morgan fingerprint density at radius 3 is 2.56 bits per heavy atom. The molecule has 1 spiro atoms. The molecule has 2 saturated carbocycles. The predicted molar refractivity (Wildman–Crippen MR) is 80.3 cm³/mol. The van der Waals surface area contributed by atoms with Crippen molar-refractivity contribution in [3.05, 3.63) is 0 Å². The number of hydrogen-bond acceptors (Lipinski definition) is 2. The molecule has 3 aliphatic rings. The molecule has 1 saturated heterocycles. The second kappa shape index (κ2) is 4.73. The third kappa shape index (κ3) is 2.43. The van der Waals surface area contributed by atoms with E-state index in [-0.39, 0.29) is 0 Å². The predicted octanol–water partition coefficient (Wildman–Crippen LogP) is 3.96. The zero-order chi connectivity index (χ0) is 12.6. The Bertz CT molecular complexity index is 342. The zero-order valence-electron chi connectivity index (χ0n) is 11.8. The van der Waals surface area contributed by atoms with Gasteiger partial charge in [0.1, 0.15) is 0 Å². The van der Waals surface area contributed by atoms with Gasteiger partial charge < -0.3 is 5.32 Å². The fourth-order valence-electron chi connectivity index (χ4n) is 3.76. The molecule has 0 aromatic heterocycles. The second-order valence-corrected chi connectivity index (χ2v) is 8.05. The largest absolute Gasteiger partial charge is 0.359 e. The van der Waals surface area contributed by atoms with Crippen molar-refractivity contribution in [2.24, 2.45) is 10.4 Å². The van der Waals surface area contributed by atoms with E-state index in [2.05, 4.69) is 19.2 Å². The van der Waals surface area contributed by atoms with Crippen LogP contribution in [0.5, 0.6) is 0 Å². The van der Waals surface area contributed by atoms with E-state index in [4.69, 9.17) is 4.99 Å². The van der Waals surface area contributed by atoms with Gasteiger partial charge in [-0.15, -0.1) is 0 Å². The van der Waals surface area contributed by atoms with Crippen LogP contribution in [0.2, 0.25) is 0 Å². The standard InChI is InChI=1S/C15H26N2S/c1-14(2)8-6-7-12(14)16-13-17-15(11-18-13)9-4-3-5-10-15/h12H,3-11H2,1-2H3,(H,16,17). The van der Waals surface area contributed by atoms with Crippen LogP contribution in [0.4, 0.5) is 0 Å². The molecule has 3 heteroatoms. The number of amidine groups is 1. The molecule has 0 amide bonds. The summed E-state index contributed by atoms with van der Waals surface area (Å²) in [5, 5.41) is 5.03. The van der Waals surface area contributed by atoms with Crippen molar-refractivity contribution in [2.45, 2.75) is 76.8 Å². The van der Waals surface area contributed by atoms with E-state index >= 15 is 0 Å². The molecule has 2 aliphatic carbocycles. The van der Waals surface area contributed by atoms with Crippen LogP contribution < -0.4 is 5.32 Å². The molecule has 1 N–H and O–H groups in total. The Labute approximate surface area is 115 Å². The Balaban J connectivity index is 1.68. The molecule has 2 nitrogen and oxygen atoms in total. The molecule has 1 atom stereocenters. The molecule has 0 bridgehead atoms. The molecule has 1 heterocycles. The Hall–Kier alpha value is -0.180. The normalized spacial score (nSPS) is 36.1. The highest BCUT2D eigenvalue weighted by molar-refractivity contribution is 8.14. The Morgan fingerprint density at radius 2 is 1.89 bits per heavy atom. The van der Waals surface area contributed by atoms with Crippen molar-refractivity contribution in [1.82, 2.24) is 5.32 Å². The maximum atomic E-state index is 5.05. The van der Waals surface area contributed by atoms with Gasteiger partial charge in [0.05, 0.1) is 6.04 Å². The first-order valence-electron chi connectivity index (χ1n) is 7.59. The third-order valence-electron chi connectivity index (χ3n) is 5.14. The number of aliphatic imine (C=N–C) groups is 1. The molecule has 0 aromatic carbocycles. The van der Waals surface area contributed by atoms with Gasteiger partial charge in [0.15, 0.2) is 5.17 Å². The van der Waals surface area contributed by atoms with Crippen molar-refractivity contribution >= 4 is 16.9 Å². The highest BCUT2D eigenvalue weighted by Crippen LogP contribution is 2.41. The van der Waals surface area contributed by atoms with Gasteiger partial charge in [-0.1, -0.05) is 51.3 Å². The van der Waals surface area contributed by atoms with E-state index in [9.17, 15) is 0 Å². The van der Waals surface area contributed by atoms with Crippen LogP contribution >= 0.6 is 11.8 Å². The van der Waals surface area contributed by atoms with Crippen molar-refractivity contribution in [1.29, 1.82) is 0 Å². The molecule has 1 aliphatic heterocycles. The van der Waals surface area contributed by atoms with Gasteiger partial charge in [-0.3, -0.25) is 4.99 Å². The molecule has 0 aromatic rings. The summed E-state index contributed by atoms with van der Waals surface area (Å²) in [6.07, 6.45) is 10.9. The summed E-state index contributed by atoms with van der Waals surface area (Å²) < 4.78 is 0. The summed E-state index contributed by atoms with van der Waals surface area (Å²) in [6, 6.07) is 0.547. The maximum Gasteiger partial charge on any atom is 0.157 e. The summed E-state index contributed by atoms with van der Waals surface area (Å²) in [5.41, 5.74) is 0.821. The minimum absolute atomic E-state index is 0.407. The summed E-state index contributed by atoms with van der Waals surface area (Å²) in [4.78, 5) is 5.05.